The first-order valence-corrected chi connectivity index (χ1v) is 9.52. The van der Waals surface area contributed by atoms with Crippen molar-refractivity contribution in [2.24, 2.45) is 0 Å². The van der Waals surface area contributed by atoms with Crippen LogP contribution >= 0.6 is 11.3 Å². The third-order valence-electron chi connectivity index (χ3n) is 4.55. The number of quaternary nitrogens is 1. The van der Waals surface area contributed by atoms with E-state index in [1.807, 2.05) is 24.3 Å². The van der Waals surface area contributed by atoms with Crippen LogP contribution in [0.15, 0.2) is 76.9 Å². The van der Waals surface area contributed by atoms with E-state index in [1.165, 1.54) is 10.4 Å². The molecule has 0 fully saturated rings. The van der Waals surface area contributed by atoms with Crippen molar-refractivity contribution in [3.05, 3.63) is 98.7 Å². The van der Waals surface area contributed by atoms with Crippen LogP contribution in [0.3, 0.4) is 0 Å². The molecule has 0 aliphatic rings. The molecule has 2 atom stereocenters. The second kappa shape index (κ2) is 7.23. The number of aromatic amines is 1. The molecule has 26 heavy (non-hydrogen) atoms. The molecule has 2 aromatic carbocycles. The molecule has 2 heterocycles. The van der Waals surface area contributed by atoms with Gasteiger partial charge in [0.15, 0.2) is 5.82 Å². The van der Waals surface area contributed by atoms with E-state index in [0.717, 1.165) is 5.52 Å². The zero-order chi connectivity index (χ0) is 17.9. The zero-order valence-electron chi connectivity index (χ0n) is 14.4. The molecular weight excluding hydrogens is 342 g/mol. The average molecular weight is 362 g/mol. The molecule has 2 aromatic heterocycles. The van der Waals surface area contributed by atoms with E-state index in [2.05, 4.69) is 64.0 Å². The lowest BCUT2D eigenvalue weighted by Gasteiger charge is -2.19. The maximum Gasteiger partial charge on any atom is 0.258 e. The molecule has 4 aromatic rings. The average Bonchev–Trinajstić information content (AvgIpc) is 3.21. The minimum atomic E-state index is -0.0850. The van der Waals surface area contributed by atoms with Crippen LogP contribution in [0.2, 0.25) is 0 Å². The minimum Gasteiger partial charge on any atom is -0.327 e. The number of benzene rings is 2. The number of nitrogens with zero attached hydrogens (tertiary/aromatic N) is 1. The number of thiophene rings is 1. The first-order chi connectivity index (χ1) is 12.7. The summed E-state index contributed by atoms with van der Waals surface area (Å²) in [6.45, 7) is 2.08. The number of aromatic nitrogens is 2. The fraction of sp³-hybridized carbons (Fsp3) is 0.143. The fourth-order valence-electron chi connectivity index (χ4n) is 3.20. The zero-order valence-corrected chi connectivity index (χ0v) is 15.2. The Balaban J connectivity index is 1.69. The van der Waals surface area contributed by atoms with E-state index in [1.54, 1.807) is 17.4 Å². The fourth-order valence-corrected chi connectivity index (χ4v) is 4.03. The van der Waals surface area contributed by atoms with Crippen molar-refractivity contribution in [3.8, 4) is 0 Å². The number of nitrogens with two attached hydrogens (primary N) is 1. The topological polar surface area (TPSA) is 62.4 Å². The maximum absolute atomic E-state index is 12.4. The molecule has 130 valence electrons. The predicted octanol–water partition coefficient (Wildman–Crippen LogP) is 3.40. The van der Waals surface area contributed by atoms with Gasteiger partial charge < -0.3 is 10.3 Å². The molecular formula is C21H20N3OS+. The highest BCUT2D eigenvalue weighted by Gasteiger charge is 2.23. The number of fused-ring (bicyclic) bond motifs is 1. The smallest absolute Gasteiger partial charge is 0.258 e. The number of H-pyrrole nitrogens is 1. The molecule has 4 rings (SSSR count). The molecule has 3 N–H and O–H groups in total. The lowest BCUT2D eigenvalue weighted by molar-refractivity contribution is -0.723. The summed E-state index contributed by atoms with van der Waals surface area (Å²) in [4.78, 5) is 21.3. The molecule has 4 nitrogen and oxygen atoms in total. The highest BCUT2D eigenvalue weighted by atomic mass is 32.1. The standard InChI is InChI=1S/C21H19N3OS/c1-14(20-23-17-11-6-5-10-16(17)21(25)24-20)22-19(18-12-7-13-26-18)15-8-3-2-4-9-15/h2-14,19,22H,1H3,(H,23,24,25)/p+1/t14-,19-/m1/s1. The first-order valence-electron chi connectivity index (χ1n) is 8.64. The summed E-state index contributed by atoms with van der Waals surface area (Å²) in [5.74, 6) is 0.700. The van der Waals surface area contributed by atoms with Gasteiger partial charge in [-0.25, -0.2) is 4.98 Å². The molecule has 0 aliphatic heterocycles. The van der Waals surface area contributed by atoms with Crippen molar-refractivity contribution in [1.29, 1.82) is 0 Å². The van der Waals surface area contributed by atoms with E-state index in [9.17, 15) is 4.79 Å². The van der Waals surface area contributed by atoms with Gasteiger partial charge in [-0.05, 0) is 30.5 Å². The second-order valence-corrected chi connectivity index (χ2v) is 7.33. The second-order valence-electron chi connectivity index (χ2n) is 6.35. The van der Waals surface area contributed by atoms with E-state index in [4.69, 9.17) is 0 Å². The van der Waals surface area contributed by atoms with Crippen molar-refractivity contribution in [3.63, 3.8) is 0 Å². The molecule has 0 radical (unpaired) electrons. The van der Waals surface area contributed by atoms with Crippen LogP contribution in [0.1, 0.15) is 35.3 Å². The molecule has 0 bridgehead atoms. The Morgan fingerprint density at radius 1 is 1.00 bits per heavy atom. The van der Waals surface area contributed by atoms with E-state index >= 15 is 0 Å². The summed E-state index contributed by atoms with van der Waals surface area (Å²) in [6.07, 6.45) is 0. The van der Waals surface area contributed by atoms with Gasteiger partial charge in [-0.3, -0.25) is 4.79 Å². The predicted molar refractivity (Wildman–Crippen MR) is 105 cm³/mol. The van der Waals surface area contributed by atoms with Crippen molar-refractivity contribution in [2.45, 2.75) is 19.0 Å². The Labute approximate surface area is 155 Å². The summed E-state index contributed by atoms with van der Waals surface area (Å²) in [5.41, 5.74) is 1.89. The highest BCUT2D eigenvalue weighted by Crippen LogP contribution is 2.23. The summed E-state index contributed by atoms with van der Waals surface area (Å²) < 4.78 is 0. The van der Waals surface area contributed by atoms with Crippen molar-refractivity contribution in [1.82, 2.24) is 9.97 Å². The Kier molecular flexibility index (Phi) is 4.65. The SMILES string of the molecule is C[C@@H]([NH2+][C@H](c1ccccc1)c1cccs1)c1nc2ccccc2c(=O)[nH]1. The van der Waals surface area contributed by atoms with Gasteiger partial charge in [-0.15, -0.1) is 11.3 Å². The molecule has 0 saturated carbocycles. The van der Waals surface area contributed by atoms with Crippen LogP contribution < -0.4 is 10.9 Å². The minimum absolute atomic E-state index is 0.0135. The molecule has 5 heteroatoms. The van der Waals surface area contributed by atoms with E-state index < -0.39 is 0 Å². The van der Waals surface area contributed by atoms with Gasteiger partial charge in [-0.1, -0.05) is 48.5 Å². The number of hydrogen-bond acceptors (Lipinski definition) is 3. The lowest BCUT2D eigenvalue weighted by atomic mass is 10.0. The Hall–Kier alpha value is -2.76. The Morgan fingerprint density at radius 3 is 2.54 bits per heavy atom. The van der Waals surface area contributed by atoms with Crippen molar-refractivity contribution >= 4 is 22.2 Å². The van der Waals surface area contributed by atoms with Gasteiger partial charge in [0.2, 0.25) is 0 Å². The first kappa shape index (κ1) is 16.7. The van der Waals surface area contributed by atoms with E-state index in [0.29, 0.717) is 11.2 Å². The van der Waals surface area contributed by atoms with E-state index in [-0.39, 0.29) is 17.6 Å². The number of para-hydroxylation sites is 1. The number of rotatable bonds is 5. The molecule has 0 saturated heterocycles. The molecule has 0 aliphatic carbocycles. The van der Waals surface area contributed by atoms with Gasteiger partial charge in [0.05, 0.1) is 15.8 Å². The molecule has 0 amide bonds. The quantitative estimate of drug-likeness (QED) is 0.572. The summed E-state index contributed by atoms with van der Waals surface area (Å²) in [7, 11) is 0. The Bertz CT molecular complexity index is 1060. The summed E-state index contributed by atoms with van der Waals surface area (Å²) in [6, 6.07) is 22.3. The van der Waals surface area contributed by atoms with Crippen LogP contribution in [-0.4, -0.2) is 9.97 Å². The third-order valence-corrected chi connectivity index (χ3v) is 5.51. The molecule has 0 spiro atoms. The van der Waals surface area contributed by atoms with Gasteiger partial charge in [0.1, 0.15) is 12.1 Å². The lowest BCUT2D eigenvalue weighted by Crippen LogP contribution is -2.86. The molecule has 0 unspecified atom stereocenters. The largest absolute Gasteiger partial charge is 0.327 e. The summed E-state index contributed by atoms with van der Waals surface area (Å²) >= 11 is 1.75. The summed E-state index contributed by atoms with van der Waals surface area (Å²) in [5, 5.41) is 4.98. The monoisotopic (exact) mass is 362 g/mol. The normalized spacial score (nSPS) is 13.6. The number of nitrogens with one attached hydrogen (secondary N) is 1. The van der Waals surface area contributed by atoms with Gasteiger partial charge in [-0.2, -0.15) is 0 Å². The number of hydrogen-bond donors (Lipinski definition) is 2. The van der Waals surface area contributed by atoms with Gasteiger partial charge in [0, 0.05) is 5.56 Å². The van der Waals surface area contributed by atoms with Crippen LogP contribution in [0, 0.1) is 0 Å². The van der Waals surface area contributed by atoms with Crippen molar-refractivity contribution in [2.75, 3.05) is 0 Å². The van der Waals surface area contributed by atoms with Crippen LogP contribution in [0.4, 0.5) is 0 Å². The van der Waals surface area contributed by atoms with Gasteiger partial charge >= 0.3 is 0 Å². The third kappa shape index (κ3) is 3.31. The van der Waals surface area contributed by atoms with Crippen molar-refractivity contribution < 1.29 is 5.32 Å². The van der Waals surface area contributed by atoms with Crippen LogP contribution in [-0.2, 0) is 0 Å². The highest BCUT2D eigenvalue weighted by molar-refractivity contribution is 7.10. The van der Waals surface area contributed by atoms with Crippen LogP contribution in [0.5, 0.6) is 0 Å². The Morgan fingerprint density at radius 2 is 1.77 bits per heavy atom. The van der Waals surface area contributed by atoms with Crippen LogP contribution in [0.25, 0.3) is 10.9 Å². The van der Waals surface area contributed by atoms with Gasteiger partial charge in [0.25, 0.3) is 5.56 Å². The maximum atomic E-state index is 12.4.